The van der Waals surface area contributed by atoms with E-state index in [4.69, 9.17) is 5.73 Å². The number of aryl methyl sites for hydroxylation is 1. The van der Waals surface area contributed by atoms with Crippen LogP contribution in [0, 0.1) is 5.41 Å². The van der Waals surface area contributed by atoms with E-state index in [0.717, 1.165) is 11.4 Å². The van der Waals surface area contributed by atoms with Crippen LogP contribution >= 0.6 is 11.3 Å². The van der Waals surface area contributed by atoms with Crippen LogP contribution in [0.2, 0.25) is 0 Å². The molecule has 0 saturated heterocycles. The van der Waals surface area contributed by atoms with Crippen molar-refractivity contribution in [2.24, 2.45) is 11.1 Å². The number of thiazole rings is 1. The van der Waals surface area contributed by atoms with Gasteiger partial charge in [-0.2, -0.15) is 0 Å². The monoisotopic (exact) mass is 269 g/mol. The molecular formula is C13H23N3OS. The number of nitrogens with one attached hydrogen (secondary N) is 1. The van der Waals surface area contributed by atoms with Crippen LogP contribution in [0.5, 0.6) is 0 Å². The molecule has 0 aliphatic rings. The second-order valence-electron chi connectivity index (χ2n) is 5.59. The molecule has 0 radical (unpaired) electrons. The molecule has 0 aliphatic carbocycles. The van der Waals surface area contributed by atoms with E-state index in [1.165, 1.54) is 4.88 Å². The van der Waals surface area contributed by atoms with Crippen LogP contribution in [0.3, 0.4) is 0 Å². The Morgan fingerprint density at radius 3 is 2.61 bits per heavy atom. The van der Waals surface area contributed by atoms with Crippen molar-refractivity contribution < 1.29 is 4.79 Å². The number of rotatable bonds is 4. The Morgan fingerprint density at radius 1 is 1.56 bits per heavy atom. The van der Waals surface area contributed by atoms with Crippen molar-refractivity contribution in [3.8, 4) is 0 Å². The predicted molar refractivity (Wildman–Crippen MR) is 75.5 cm³/mol. The standard InChI is InChI=1S/C13H23N3OS/c1-6-9-7-15-12(18-9)8(2)16-11(17)10(14)13(3,4)5/h7-8,10H,6,14H2,1-5H3,(H,16,17). The maximum Gasteiger partial charge on any atom is 0.238 e. The van der Waals surface area contributed by atoms with Gasteiger partial charge in [-0.05, 0) is 18.8 Å². The van der Waals surface area contributed by atoms with Crippen LogP contribution in [0.4, 0.5) is 0 Å². The number of carbonyl (C=O) groups excluding carboxylic acids is 1. The number of nitrogens with two attached hydrogens (primary N) is 1. The first-order valence-corrected chi connectivity index (χ1v) is 7.08. The minimum absolute atomic E-state index is 0.0869. The van der Waals surface area contributed by atoms with Crippen LogP contribution in [0.15, 0.2) is 6.20 Å². The fraction of sp³-hybridized carbons (Fsp3) is 0.692. The van der Waals surface area contributed by atoms with Gasteiger partial charge in [0.05, 0.1) is 12.1 Å². The molecule has 2 unspecified atom stereocenters. The number of hydrogen-bond donors (Lipinski definition) is 2. The molecule has 102 valence electrons. The zero-order chi connectivity index (χ0) is 13.9. The summed E-state index contributed by atoms with van der Waals surface area (Å²) in [5.41, 5.74) is 5.69. The van der Waals surface area contributed by atoms with Gasteiger partial charge in [-0.15, -0.1) is 11.3 Å². The van der Waals surface area contributed by atoms with E-state index in [1.54, 1.807) is 11.3 Å². The molecule has 1 amide bonds. The summed E-state index contributed by atoms with van der Waals surface area (Å²) < 4.78 is 0. The maximum absolute atomic E-state index is 12.0. The van der Waals surface area contributed by atoms with Gasteiger partial charge in [0, 0.05) is 11.1 Å². The van der Waals surface area contributed by atoms with Crippen molar-refractivity contribution in [1.82, 2.24) is 10.3 Å². The Morgan fingerprint density at radius 2 is 2.17 bits per heavy atom. The van der Waals surface area contributed by atoms with Gasteiger partial charge < -0.3 is 11.1 Å². The van der Waals surface area contributed by atoms with Crippen LogP contribution in [0.25, 0.3) is 0 Å². The summed E-state index contributed by atoms with van der Waals surface area (Å²) in [4.78, 5) is 17.5. The fourth-order valence-electron chi connectivity index (χ4n) is 1.44. The maximum atomic E-state index is 12.0. The lowest BCUT2D eigenvalue weighted by molar-refractivity contribution is -0.125. The zero-order valence-corrected chi connectivity index (χ0v) is 12.6. The lowest BCUT2D eigenvalue weighted by Crippen LogP contribution is -2.49. The molecule has 1 aromatic rings. The minimum Gasteiger partial charge on any atom is -0.346 e. The summed E-state index contributed by atoms with van der Waals surface area (Å²) >= 11 is 1.64. The van der Waals surface area contributed by atoms with Crippen molar-refractivity contribution in [3.63, 3.8) is 0 Å². The average Bonchev–Trinajstić information content (AvgIpc) is 2.75. The first kappa shape index (κ1) is 15.1. The van der Waals surface area contributed by atoms with E-state index >= 15 is 0 Å². The quantitative estimate of drug-likeness (QED) is 0.881. The smallest absolute Gasteiger partial charge is 0.238 e. The van der Waals surface area contributed by atoms with Crippen LogP contribution in [-0.4, -0.2) is 16.9 Å². The lowest BCUT2D eigenvalue weighted by Gasteiger charge is -2.27. The van der Waals surface area contributed by atoms with Crippen LogP contribution in [-0.2, 0) is 11.2 Å². The summed E-state index contributed by atoms with van der Waals surface area (Å²) in [5.74, 6) is -0.122. The number of amides is 1. The summed E-state index contributed by atoms with van der Waals surface area (Å²) in [6, 6.07) is -0.596. The molecule has 3 N–H and O–H groups in total. The topological polar surface area (TPSA) is 68.0 Å². The van der Waals surface area contributed by atoms with E-state index in [1.807, 2.05) is 33.9 Å². The Balaban J connectivity index is 2.64. The lowest BCUT2D eigenvalue weighted by atomic mass is 9.87. The Hall–Kier alpha value is -0.940. The SMILES string of the molecule is CCc1cnc(C(C)NC(=O)C(N)C(C)(C)C)s1. The zero-order valence-electron chi connectivity index (χ0n) is 11.8. The van der Waals surface area contributed by atoms with Gasteiger partial charge in [-0.3, -0.25) is 4.79 Å². The van der Waals surface area contributed by atoms with E-state index in [-0.39, 0.29) is 17.4 Å². The molecular weight excluding hydrogens is 246 g/mol. The largest absolute Gasteiger partial charge is 0.346 e. The van der Waals surface area contributed by atoms with Gasteiger partial charge in [0.2, 0.25) is 5.91 Å². The molecule has 0 bridgehead atoms. The normalized spacial score (nSPS) is 15.2. The van der Waals surface area contributed by atoms with Gasteiger partial charge in [0.25, 0.3) is 0 Å². The molecule has 5 heteroatoms. The van der Waals surface area contributed by atoms with Crippen molar-refractivity contribution >= 4 is 17.2 Å². The minimum atomic E-state index is -0.509. The first-order chi connectivity index (χ1) is 8.25. The summed E-state index contributed by atoms with van der Waals surface area (Å²) in [5, 5.41) is 3.86. The molecule has 0 spiro atoms. The molecule has 1 rings (SSSR count). The number of aromatic nitrogens is 1. The van der Waals surface area contributed by atoms with Crippen LogP contribution < -0.4 is 11.1 Å². The predicted octanol–water partition coefficient (Wildman–Crippen LogP) is 2.26. The van der Waals surface area contributed by atoms with Crippen molar-refractivity contribution in [1.29, 1.82) is 0 Å². The number of nitrogens with zero attached hydrogens (tertiary/aromatic N) is 1. The third kappa shape index (κ3) is 3.78. The molecule has 4 nitrogen and oxygen atoms in total. The highest BCUT2D eigenvalue weighted by Gasteiger charge is 2.28. The molecule has 0 saturated carbocycles. The van der Waals surface area contributed by atoms with Crippen LogP contribution in [0.1, 0.15) is 50.5 Å². The summed E-state index contributed by atoms with van der Waals surface area (Å²) in [6.07, 6.45) is 2.84. The van der Waals surface area contributed by atoms with Gasteiger partial charge in [0.15, 0.2) is 0 Å². The third-order valence-corrected chi connectivity index (χ3v) is 4.19. The highest BCUT2D eigenvalue weighted by atomic mass is 32.1. The number of carbonyl (C=O) groups is 1. The third-order valence-electron chi connectivity index (χ3n) is 2.86. The van der Waals surface area contributed by atoms with Gasteiger partial charge in [0.1, 0.15) is 5.01 Å². The van der Waals surface area contributed by atoms with Crippen molar-refractivity contribution in [2.45, 2.75) is 53.1 Å². The molecule has 0 aromatic carbocycles. The molecule has 18 heavy (non-hydrogen) atoms. The second kappa shape index (κ2) is 5.80. The fourth-order valence-corrected chi connectivity index (χ4v) is 2.30. The van der Waals surface area contributed by atoms with Crippen molar-refractivity contribution in [3.05, 3.63) is 16.1 Å². The van der Waals surface area contributed by atoms with Gasteiger partial charge in [-0.1, -0.05) is 27.7 Å². The Bertz CT molecular complexity index is 409. The summed E-state index contributed by atoms with van der Waals surface area (Å²) in [6.45, 7) is 9.91. The number of hydrogen-bond acceptors (Lipinski definition) is 4. The van der Waals surface area contributed by atoms with E-state index in [2.05, 4.69) is 17.2 Å². The Kier molecular flexibility index (Phi) is 4.87. The highest BCUT2D eigenvalue weighted by Crippen LogP contribution is 2.22. The van der Waals surface area contributed by atoms with Gasteiger partial charge in [-0.25, -0.2) is 4.98 Å². The molecule has 2 atom stereocenters. The van der Waals surface area contributed by atoms with E-state index in [0.29, 0.717) is 0 Å². The highest BCUT2D eigenvalue weighted by molar-refractivity contribution is 7.11. The molecule has 1 heterocycles. The van der Waals surface area contributed by atoms with E-state index < -0.39 is 6.04 Å². The van der Waals surface area contributed by atoms with Gasteiger partial charge >= 0.3 is 0 Å². The second-order valence-corrected chi connectivity index (χ2v) is 6.74. The average molecular weight is 269 g/mol. The molecule has 0 aliphatic heterocycles. The Labute approximate surface area is 113 Å². The first-order valence-electron chi connectivity index (χ1n) is 6.26. The summed E-state index contributed by atoms with van der Waals surface area (Å²) in [7, 11) is 0. The van der Waals surface area contributed by atoms with Crippen molar-refractivity contribution in [2.75, 3.05) is 0 Å². The van der Waals surface area contributed by atoms with E-state index in [9.17, 15) is 4.79 Å². The molecule has 0 fully saturated rings. The molecule has 1 aromatic heterocycles.